The molecule has 19 heavy (non-hydrogen) atoms. The molecule has 1 aromatic heterocycles. The lowest BCUT2D eigenvalue weighted by Crippen LogP contribution is -2.05. The fraction of sp³-hybridized carbons (Fsp3) is 0.0714. The van der Waals surface area contributed by atoms with E-state index in [0.29, 0.717) is 5.52 Å². The SMILES string of the molecule is FC(F)(F)c1cccc2c1cnn2-c1ccccc1. The van der Waals surface area contributed by atoms with Crippen molar-refractivity contribution in [2.24, 2.45) is 0 Å². The quantitative estimate of drug-likeness (QED) is 0.647. The summed E-state index contributed by atoms with van der Waals surface area (Å²) in [5.74, 6) is 0. The van der Waals surface area contributed by atoms with Crippen LogP contribution in [-0.2, 0) is 6.18 Å². The van der Waals surface area contributed by atoms with Gasteiger partial charge < -0.3 is 0 Å². The molecule has 96 valence electrons. The Morgan fingerprint density at radius 1 is 0.895 bits per heavy atom. The van der Waals surface area contributed by atoms with Gasteiger partial charge in [0.25, 0.3) is 0 Å². The Morgan fingerprint density at radius 3 is 2.32 bits per heavy atom. The standard InChI is InChI=1S/C14H9F3N2/c15-14(16,17)12-7-4-8-13-11(12)9-18-19(13)10-5-2-1-3-6-10/h1-9H. The fourth-order valence-electron chi connectivity index (χ4n) is 2.07. The normalized spacial score (nSPS) is 11.9. The monoisotopic (exact) mass is 262 g/mol. The predicted molar refractivity (Wildman–Crippen MR) is 66.1 cm³/mol. The van der Waals surface area contributed by atoms with Gasteiger partial charge in [-0.1, -0.05) is 24.3 Å². The number of alkyl halides is 3. The second-order valence-corrected chi connectivity index (χ2v) is 4.13. The second-order valence-electron chi connectivity index (χ2n) is 4.13. The summed E-state index contributed by atoms with van der Waals surface area (Å²) in [6, 6.07) is 13.2. The zero-order valence-corrected chi connectivity index (χ0v) is 9.72. The smallest absolute Gasteiger partial charge is 0.233 e. The lowest BCUT2D eigenvalue weighted by atomic mass is 10.1. The summed E-state index contributed by atoms with van der Waals surface area (Å²) < 4.78 is 40.2. The Kier molecular flexibility index (Phi) is 2.55. The van der Waals surface area contributed by atoms with Crippen LogP contribution in [0.1, 0.15) is 5.56 Å². The largest absolute Gasteiger partial charge is 0.417 e. The number of hydrogen-bond acceptors (Lipinski definition) is 1. The van der Waals surface area contributed by atoms with Crippen LogP contribution in [0.5, 0.6) is 0 Å². The molecule has 0 bridgehead atoms. The van der Waals surface area contributed by atoms with Gasteiger partial charge in [-0.05, 0) is 24.3 Å². The zero-order chi connectivity index (χ0) is 13.5. The third kappa shape index (κ3) is 1.97. The third-order valence-electron chi connectivity index (χ3n) is 2.92. The maximum absolute atomic E-state index is 12.9. The van der Waals surface area contributed by atoms with Crippen LogP contribution in [0.2, 0.25) is 0 Å². The Bertz CT molecular complexity index is 714. The fourth-order valence-corrected chi connectivity index (χ4v) is 2.07. The zero-order valence-electron chi connectivity index (χ0n) is 9.72. The van der Waals surface area contributed by atoms with E-state index in [0.717, 1.165) is 11.8 Å². The first-order valence-electron chi connectivity index (χ1n) is 5.67. The molecule has 0 N–H and O–H groups in total. The van der Waals surface area contributed by atoms with E-state index in [1.165, 1.54) is 16.9 Å². The molecule has 0 aliphatic carbocycles. The number of halogens is 3. The minimum atomic E-state index is -4.37. The molecule has 0 atom stereocenters. The van der Waals surface area contributed by atoms with Crippen LogP contribution in [0, 0.1) is 0 Å². The molecule has 0 fully saturated rings. The van der Waals surface area contributed by atoms with Gasteiger partial charge in [-0.2, -0.15) is 18.3 Å². The molecule has 0 radical (unpaired) electrons. The number of rotatable bonds is 1. The summed E-state index contributed by atoms with van der Waals surface area (Å²) in [5.41, 5.74) is 0.519. The van der Waals surface area contributed by atoms with E-state index in [1.54, 1.807) is 18.2 Å². The van der Waals surface area contributed by atoms with E-state index >= 15 is 0 Å². The van der Waals surface area contributed by atoms with Gasteiger partial charge in [-0.15, -0.1) is 0 Å². The molecule has 5 heteroatoms. The minimum absolute atomic E-state index is 0.110. The van der Waals surface area contributed by atoms with Crippen molar-refractivity contribution in [3.63, 3.8) is 0 Å². The maximum atomic E-state index is 12.9. The first-order chi connectivity index (χ1) is 9.07. The Labute approximate surface area is 107 Å². The first-order valence-corrected chi connectivity index (χ1v) is 5.67. The van der Waals surface area contributed by atoms with Crippen LogP contribution < -0.4 is 0 Å². The molecule has 0 unspecified atom stereocenters. The molecule has 2 aromatic carbocycles. The van der Waals surface area contributed by atoms with Gasteiger partial charge in [0, 0.05) is 5.39 Å². The molecular weight excluding hydrogens is 253 g/mol. The molecule has 0 saturated carbocycles. The average molecular weight is 262 g/mol. The number of fused-ring (bicyclic) bond motifs is 1. The second kappa shape index (κ2) is 4.12. The third-order valence-corrected chi connectivity index (χ3v) is 2.92. The summed E-state index contributed by atoms with van der Waals surface area (Å²) in [4.78, 5) is 0. The number of hydrogen-bond donors (Lipinski definition) is 0. The lowest BCUT2D eigenvalue weighted by molar-refractivity contribution is -0.136. The predicted octanol–water partition coefficient (Wildman–Crippen LogP) is 4.04. The highest BCUT2D eigenvalue weighted by molar-refractivity contribution is 5.84. The topological polar surface area (TPSA) is 17.8 Å². The van der Waals surface area contributed by atoms with Crippen molar-refractivity contribution >= 4 is 10.9 Å². The van der Waals surface area contributed by atoms with Crippen molar-refractivity contribution in [1.82, 2.24) is 9.78 Å². The summed E-state index contributed by atoms with van der Waals surface area (Å²) in [7, 11) is 0. The minimum Gasteiger partial charge on any atom is -0.233 e. The van der Waals surface area contributed by atoms with Crippen molar-refractivity contribution < 1.29 is 13.2 Å². The molecular formula is C14H9F3N2. The number of nitrogens with zero attached hydrogens (tertiary/aromatic N) is 2. The Morgan fingerprint density at radius 2 is 1.63 bits per heavy atom. The number of benzene rings is 2. The van der Waals surface area contributed by atoms with E-state index in [-0.39, 0.29) is 5.39 Å². The van der Waals surface area contributed by atoms with E-state index in [9.17, 15) is 13.2 Å². The van der Waals surface area contributed by atoms with Gasteiger partial charge >= 0.3 is 6.18 Å². The van der Waals surface area contributed by atoms with Crippen molar-refractivity contribution in [1.29, 1.82) is 0 Å². The van der Waals surface area contributed by atoms with Crippen LogP contribution in [0.4, 0.5) is 13.2 Å². The highest BCUT2D eigenvalue weighted by atomic mass is 19.4. The van der Waals surface area contributed by atoms with Crippen molar-refractivity contribution in [3.05, 3.63) is 60.3 Å². The Hall–Kier alpha value is -2.30. The molecule has 3 aromatic rings. The molecule has 2 nitrogen and oxygen atoms in total. The van der Waals surface area contributed by atoms with E-state index < -0.39 is 11.7 Å². The summed E-state index contributed by atoms with van der Waals surface area (Å²) >= 11 is 0. The van der Waals surface area contributed by atoms with E-state index in [4.69, 9.17) is 0 Å². The highest BCUT2D eigenvalue weighted by Gasteiger charge is 2.33. The summed E-state index contributed by atoms with van der Waals surface area (Å²) in [6.45, 7) is 0. The van der Waals surface area contributed by atoms with Crippen molar-refractivity contribution in [2.45, 2.75) is 6.18 Å². The van der Waals surface area contributed by atoms with Crippen molar-refractivity contribution in [2.75, 3.05) is 0 Å². The molecule has 0 aliphatic rings. The van der Waals surface area contributed by atoms with Gasteiger partial charge in [0.15, 0.2) is 0 Å². The molecule has 0 amide bonds. The summed E-state index contributed by atoms with van der Waals surface area (Å²) in [5, 5.41) is 4.17. The molecule has 3 rings (SSSR count). The first kappa shape index (κ1) is 11.8. The molecule has 0 saturated heterocycles. The van der Waals surface area contributed by atoms with Gasteiger partial charge in [0.05, 0.1) is 23.0 Å². The average Bonchev–Trinajstić information content (AvgIpc) is 2.82. The van der Waals surface area contributed by atoms with Gasteiger partial charge in [-0.25, -0.2) is 4.68 Å². The number of para-hydroxylation sites is 1. The maximum Gasteiger partial charge on any atom is 0.417 e. The summed E-state index contributed by atoms with van der Waals surface area (Å²) in [6.07, 6.45) is -3.12. The van der Waals surface area contributed by atoms with E-state index in [2.05, 4.69) is 5.10 Å². The highest BCUT2D eigenvalue weighted by Crippen LogP contribution is 2.35. The van der Waals surface area contributed by atoms with Crippen LogP contribution in [0.15, 0.2) is 54.7 Å². The lowest BCUT2D eigenvalue weighted by Gasteiger charge is -2.08. The molecule has 1 heterocycles. The van der Waals surface area contributed by atoms with E-state index in [1.807, 2.05) is 18.2 Å². The van der Waals surface area contributed by atoms with Gasteiger partial charge in [0.1, 0.15) is 0 Å². The van der Waals surface area contributed by atoms with Gasteiger partial charge in [-0.3, -0.25) is 0 Å². The van der Waals surface area contributed by atoms with Crippen LogP contribution in [0.3, 0.4) is 0 Å². The van der Waals surface area contributed by atoms with Crippen LogP contribution in [-0.4, -0.2) is 9.78 Å². The van der Waals surface area contributed by atoms with Gasteiger partial charge in [0.2, 0.25) is 0 Å². The molecule has 0 aliphatic heterocycles. The molecule has 0 spiro atoms. The van der Waals surface area contributed by atoms with Crippen molar-refractivity contribution in [3.8, 4) is 5.69 Å². The Balaban J connectivity index is 2.26. The van der Waals surface area contributed by atoms with Crippen LogP contribution >= 0.6 is 0 Å². The number of aromatic nitrogens is 2. The van der Waals surface area contributed by atoms with Crippen LogP contribution in [0.25, 0.3) is 16.6 Å².